The van der Waals surface area contributed by atoms with E-state index in [9.17, 15) is 25.0 Å². The van der Waals surface area contributed by atoms with Crippen LogP contribution in [0.15, 0.2) is 28.7 Å². The number of nitro groups is 2. The molecule has 0 radical (unpaired) electrons. The van der Waals surface area contributed by atoms with Crippen molar-refractivity contribution < 1.29 is 23.8 Å². The number of non-ortho nitro benzene ring substituents is 1. The van der Waals surface area contributed by atoms with Crippen LogP contribution in [0.1, 0.15) is 33.5 Å². The lowest BCUT2D eigenvalue weighted by Crippen LogP contribution is -2.43. The average Bonchev–Trinajstić information content (AvgIpc) is 3.14. The molecule has 0 aliphatic carbocycles. The molecule has 11 nitrogen and oxygen atoms in total. The second kappa shape index (κ2) is 9.01. The number of rotatable bonds is 7. The van der Waals surface area contributed by atoms with Crippen LogP contribution < -0.4 is 5.32 Å². The Labute approximate surface area is 171 Å². The number of ether oxygens (including phenoxy) is 1. The van der Waals surface area contributed by atoms with Crippen molar-refractivity contribution >= 4 is 17.3 Å². The number of amides is 1. The molecule has 0 bridgehead atoms. The highest BCUT2D eigenvalue weighted by Gasteiger charge is 2.28. The van der Waals surface area contributed by atoms with Crippen LogP contribution in [0.4, 0.5) is 11.4 Å². The zero-order valence-corrected chi connectivity index (χ0v) is 16.6. The van der Waals surface area contributed by atoms with Crippen LogP contribution in [0.5, 0.6) is 0 Å². The van der Waals surface area contributed by atoms with Gasteiger partial charge in [0.15, 0.2) is 0 Å². The first-order valence-electron chi connectivity index (χ1n) is 9.37. The molecule has 30 heavy (non-hydrogen) atoms. The van der Waals surface area contributed by atoms with Crippen LogP contribution in [-0.2, 0) is 4.74 Å². The quantitative estimate of drug-likeness (QED) is 0.534. The summed E-state index contributed by atoms with van der Waals surface area (Å²) in [6.07, 6.45) is 0. The normalized spacial score (nSPS) is 15.5. The zero-order chi connectivity index (χ0) is 21.8. The summed E-state index contributed by atoms with van der Waals surface area (Å²) in [4.78, 5) is 35.8. The molecule has 3 rings (SSSR count). The van der Waals surface area contributed by atoms with Crippen molar-refractivity contribution in [3.05, 3.63) is 67.1 Å². The summed E-state index contributed by atoms with van der Waals surface area (Å²) in [5.41, 5.74) is -1.02. The Balaban J connectivity index is 1.84. The Bertz CT molecular complexity index is 966. The van der Waals surface area contributed by atoms with Crippen molar-refractivity contribution in [2.45, 2.75) is 19.9 Å². The van der Waals surface area contributed by atoms with E-state index in [0.717, 1.165) is 17.9 Å². The van der Waals surface area contributed by atoms with Crippen molar-refractivity contribution in [1.29, 1.82) is 0 Å². The molecule has 1 unspecified atom stereocenters. The van der Waals surface area contributed by atoms with Gasteiger partial charge < -0.3 is 14.5 Å². The number of carbonyl (C=O) groups excluding carboxylic acids is 1. The maximum absolute atomic E-state index is 12.8. The molecule has 1 saturated heterocycles. The van der Waals surface area contributed by atoms with Crippen molar-refractivity contribution in [2.24, 2.45) is 0 Å². The van der Waals surface area contributed by atoms with Gasteiger partial charge in [-0.1, -0.05) is 0 Å². The number of nitrogens with one attached hydrogen (secondary N) is 1. The van der Waals surface area contributed by atoms with Gasteiger partial charge in [-0.3, -0.25) is 29.9 Å². The first-order valence-corrected chi connectivity index (χ1v) is 9.37. The number of hydrogen-bond donors (Lipinski definition) is 1. The van der Waals surface area contributed by atoms with E-state index in [1.165, 1.54) is 6.92 Å². The minimum absolute atomic E-state index is 0.0693. The average molecular weight is 418 g/mol. The second-order valence-corrected chi connectivity index (χ2v) is 6.97. The van der Waals surface area contributed by atoms with Crippen LogP contribution in [-0.4, -0.2) is 53.5 Å². The number of aryl methyl sites for hydroxylation is 1. The van der Waals surface area contributed by atoms with Crippen LogP contribution in [0.3, 0.4) is 0 Å². The monoisotopic (exact) mass is 418 g/mol. The molecule has 1 atom stereocenters. The Morgan fingerprint density at radius 2 is 1.87 bits per heavy atom. The molecule has 1 aromatic heterocycles. The van der Waals surface area contributed by atoms with Gasteiger partial charge in [0.25, 0.3) is 17.3 Å². The third-order valence-electron chi connectivity index (χ3n) is 5.05. The SMILES string of the molecule is Cc1ccc(C(CNC(=O)c2cc([N+](=O)[O-])cc([N+](=O)[O-])c2C)N2CCOCC2)o1. The number of nitro benzene ring substituents is 2. The van der Waals surface area contributed by atoms with Gasteiger partial charge in [-0.15, -0.1) is 0 Å². The molecule has 2 aromatic rings. The summed E-state index contributed by atoms with van der Waals surface area (Å²) in [6.45, 7) is 5.81. The maximum atomic E-state index is 12.8. The van der Waals surface area contributed by atoms with E-state index in [4.69, 9.17) is 9.15 Å². The lowest BCUT2D eigenvalue weighted by Gasteiger charge is -2.33. The molecular formula is C19H22N4O7. The third kappa shape index (κ3) is 4.63. The maximum Gasteiger partial charge on any atom is 0.279 e. The summed E-state index contributed by atoms with van der Waals surface area (Å²) >= 11 is 0. The molecule has 0 saturated carbocycles. The minimum atomic E-state index is -0.759. The van der Waals surface area contributed by atoms with Gasteiger partial charge in [0.2, 0.25) is 0 Å². The number of benzene rings is 1. The highest BCUT2D eigenvalue weighted by molar-refractivity contribution is 5.97. The number of nitrogens with zero attached hydrogens (tertiary/aromatic N) is 3. The highest BCUT2D eigenvalue weighted by Crippen LogP contribution is 2.28. The predicted octanol–water partition coefficient (Wildman–Crippen LogP) is 2.52. The molecule has 1 amide bonds. The standard InChI is InChI=1S/C19H22N4O7/c1-12-3-4-18(30-12)17(21-5-7-29-8-6-21)11-20-19(24)15-9-14(22(25)26)10-16(13(15)2)23(27)28/h3-4,9-10,17H,5-8,11H2,1-2H3,(H,20,24). The fraction of sp³-hybridized carbons (Fsp3) is 0.421. The van der Waals surface area contributed by atoms with Gasteiger partial charge >= 0.3 is 0 Å². The predicted molar refractivity (Wildman–Crippen MR) is 105 cm³/mol. The zero-order valence-electron chi connectivity index (χ0n) is 16.6. The molecule has 160 valence electrons. The Kier molecular flexibility index (Phi) is 6.43. The molecular weight excluding hydrogens is 396 g/mol. The molecule has 1 aliphatic heterocycles. The summed E-state index contributed by atoms with van der Waals surface area (Å²) < 4.78 is 11.1. The lowest BCUT2D eigenvalue weighted by atomic mass is 10.0. The summed E-state index contributed by atoms with van der Waals surface area (Å²) in [7, 11) is 0. The molecule has 0 spiro atoms. The van der Waals surface area contributed by atoms with Crippen molar-refractivity contribution in [3.8, 4) is 0 Å². The van der Waals surface area contributed by atoms with Crippen LogP contribution in [0.2, 0.25) is 0 Å². The van der Waals surface area contributed by atoms with Gasteiger partial charge in [0, 0.05) is 31.3 Å². The van der Waals surface area contributed by atoms with Gasteiger partial charge in [-0.05, 0) is 26.0 Å². The molecule has 1 aliphatic rings. The smallest absolute Gasteiger partial charge is 0.279 e. The molecule has 11 heteroatoms. The number of carbonyl (C=O) groups is 1. The van der Waals surface area contributed by atoms with E-state index in [2.05, 4.69) is 10.2 Å². The fourth-order valence-electron chi connectivity index (χ4n) is 3.43. The molecule has 1 aromatic carbocycles. The van der Waals surface area contributed by atoms with Gasteiger partial charge in [-0.25, -0.2) is 0 Å². The molecule has 1 fully saturated rings. The van der Waals surface area contributed by atoms with Crippen LogP contribution in [0, 0.1) is 34.1 Å². The fourth-order valence-corrected chi connectivity index (χ4v) is 3.43. The van der Waals surface area contributed by atoms with Crippen LogP contribution in [0.25, 0.3) is 0 Å². The Morgan fingerprint density at radius 3 is 2.43 bits per heavy atom. The summed E-state index contributed by atoms with van der Waals surface area (Å²) in [5, 5.41) is 25.1. The van der Waals surface area contributed by atoms with E-state index in [0.29, 0.717) is 32.1 Å². The third-order valence-corrected chi connectivity index (χ3v) is 5.05. The van der Waals surface area contributed by atoms with Gasteiger partial charge in [0.05, 0.1) is 40.7 Å². The summed E-state index contributed by atoms with van der Waals surface area (Å²) in [6, 6.07) is 5.32. The first kappa shape index (κ1) is 21.4. The van der Waals surface area contributed by atoms with Crippen molar-refractivity contribution in [3.63, 3.8) is 0 Å². The Morgan fingerprint density at radius 1 is 1.17 bits per heavy atom. The van der Waals surface area contributed by atoms with E-state index < -0.39 is 27.1 Å². The minimum Gasteiger partial charge on any atom is -0.465 e. The van der Waals surface area contributed by atoms with Gasteiger partial charge in [-0.2, -0.15) is 0 Å². The lowest BCUT2D eigenvalue weighted by molar-refractivity contribution is -0.394. The number of morpholine rings is 1. The van der Waals surface area contributed by atoms with E-state index in [1.54, 1.807) is 0 Å². The van der Waals surface area contributed by atoms with Crippen molar-refractivity contribution in [2.75, 3.05) is 32.8 Å². The number of furan rings is 1. The second-order valence-electron chi connectivity index (χ2n) is 6.97. The van der Waals surface area contributed by atoms with E-state index in [-0.39, 0.29) is 23.7 Å². The van der Waals surface area contributed by atoms with Crippen molar-refractivity contribution in [1.82, 2.24) is 10.2 Å². The largest absolute Gasteiger partial charge is 0.465 e. The molecule has 2 heterocycles. The van der Waals surface area contributed by atoms with E-state index >= 15 is 0 Å². The topological polar surface area (TPSA) is 141 Å². The highest BCUT2D eigenvalue weighted by atomic mass is 16.6. The molecule has 1 N–H and O–H groups in total. The van der Waals surface area contributed by atoms with E-state index in [1.807, 2.05) is 19.1 Å². The van der Waals surface area contributed by atoms with Gasteiger partial charge in [0.1, 0.15) is 11.5 Å². The van der Waals surface area contributed by atoms with Crippen LogP contribution >= 0.6 is 0 Å². The Hall–Kier alpha value is -3.31. The number of hydrogen-bond acceptors (Lipinski definition) is 8. The first-order chi connectivity index (χ1) is 14.3. The summed E-state index contributed by atoms with van der Waals surface area (Å²) in [5.74, 6) is 0.789.